The average Bonchev–Trinajstić information content (AvgIpc) is 2.22. The van der Waals surface area contributed by atoms with E-state index in [9.17, 15) is 0 Å². The minimum atomic E-state index is 0.886. The highest BCUT2D eigenvalue weighted by atomic mass is 79.9. The molecule has 0 unspecified atom stereocenters. The number of rotatable bonds is 4. The largest absolute Gasteiger partial charge is 0.496 e. The second-order valence-corrected chi connectivity index (χ2v) is 4.38. The van der Waals surface area contributed by atoms with Crippen LogP contribution in [0.3, 0.4) is 0 Å². The van der Waals surface area contributed by atoms with Gasteiger partial charge in [0.05, 0.1) is 12.6 Å². The molecule has 1 aromatic rings. The first-order valence-corrected chi connectivity index (χ1v) is 6.09. The third kappa shape index (κ3) is 3.21. The van der Waals surface area contributed by atoms with E-state index >= 15 is 0 Å². The van der Waals surface area contributed by atoms with E-state index in [1.54, 1.807) is 7.11 Å². The van der Waals surface area contributed by atoms with Gasteiger partial charge in [0, 0.05) is 6.54 Å². The number of aryl methyl sites for hydroxylation is 2. The van der Waals surface area contributed by atoms with Crippen molar-refractivity contribution in [2.24, 2.45) is 0 Å². The molecule has 0 atom stereocenters. The first-order valence-electron chi connectivity index (χ1n) is 4.97. The molecule has 0 saturated carbocycles. The molecular weight excluding hydrogens is 254 g/mol. The van der Waals surface area contributed by atoms with Crippen LogP contribution in [0.1, 0.15) is 16.7 Å². The summed E-state index contributed by atoms with van der Waals surface area (Å²) in [5, 5.41) is 0. The van der Waals surface area contributed by atoms with Crippen LogP contribution in [0.25, 0.3) is 0 Å². The van der Waals surface area contributed by atoms with Crippen LogP contribution in [-0.4, -0.2) is 24.5 Å². The summed E-state index contributed by atoms with van der Waals surface area (Å²) >= 11 is 3.44. The fourth-order valence-electron chi connectivity index (χ4n) is 1.57. The van der Waals surface area contributed by atoms with Crippen LogP contribution < -0.4 is 4.74 Å². The van der Waals surface area contributed by atoms with Crippen LogP contribution in [0.15, 0.2) is 12.1 Å². The molecule has 1 rings (SSSR count). The molecule has 0 radical (unpaired) electrons. The van der Waals surface area contributed by atoms with Crippen molar-refractivity contribution < 1.29 is 4.74 Å². The van der Waals surface area contributed by atoms with E-state index in [0.29, 0.717) is 0 Å². The number of methoxy groups -OCH3 is 1. The number of halogens is 1. The van der Waals surface area contributed by atoms with Gasteiger partial charge in [-0.05, 0) is 43.7 Å². The van der Waals surface area contributed by atoms with Gasteiger partial charge in [0.15, 0.2) is 0 Å². The molecule has 0 aromatic heterocycles. The Balaban J connectivity index is 2.95. The van der Waals surface area contributed by atoms with Crippen LogP contribution >= 0.6 is 15.9 Å². The van der Waals surface area contributed by atoms with Crippen molar-refractivity contribution >= 4 is 15.9 Å². The van der Waals surface area contributed by atoms with Crippen LogP contribution in [0, 0.1) is 13.8 Å². The Hall–Kier alpha value is -0.540. The maximum Gasteiger partial charge on any atom is 0.122 e. The third-order valence-corrected chi connectivity index (χ3v) is 3.35. The van der Waals surface area contributed by atoms with Crippen molar-refractivity contribution in [2.45, 2.75) is 20.4 Å². The van der Waals surface area contributed by atoms with Gasteiger partial charge in [-0.2, -0.15) is 0 Å². The van der Waals surface area contributed by atoms with Crippen molar-refractivity contribution in [2.75, 3.05) is 19.6 Å². The minimum Gasteiger partial charge on any atom is -0.496 e. The summed E-state index contributed by atoms with van der Waals surface area (Å²) in [4.78, 5) is 2.22. The van der Waals surface area contributed by atoms with E-state index in [0.717, 1.165) is 17.7 Å². The quantitative estimate of drug-likeness (QED) is 0.617. The predicted molar refractivity (Wildman–Crippen MR) is 67.7 cm³/mol. The van der Waals surface area contributed by atoms with Gasteiger partial charge in [0.25, 0.3) is 0 Å². The van der Waals surface area contributed by atoms with Gasteiger partial charge >= 0.3 is 0 Å². The topological polar surface area (TPSA) is 12.5 Å². The summed E-state index contributed by atoms with van der Waals surface area (Å²) in [6, 6.07) is 4.31. The van der Waals surface area contributed by atoms with Crippen LogP contribution in [0.5, 0.6) is 5.75 Å². The number of ether oxygens (including phenoxy) is 1. The molecule has 0 aliphatic rings. The zero-order valence-electron chi connectivity index (χ0n) is 9.80. The molecule has 84 valence electrons. The van der Waals surface area contributed by atoms with Gasteiger partial charge in [-0.15, -0.1) is 0 Å². The number of benzene rings is 1. The summed E-state index contributed by atoms with van der Waals surface area (Å²) in [5.41, 5.74) is 4.72. The number of hydrogen-bond donors (Lipinski definition) is 0. The van der Waals surface area contributed by atoms with E-state index in [1.807, 2.05) is 0 Å². The molecule has 0 fully saturated rings. The van der Waals surface area contributed by atoms with E-state index in [4.69, 9.17) is 4.74 Å². The summed E-state index contributed by atoms with van der Waals surface area (Å²) in [6.07, 6.45) is 0. The lowest BCUT2D eigenvalue weighted by molar-refractivity contribution is 0.386. The molecule has 0 amide bonds. The number of alkyl halides is 1. The van der Waals surface area contributed by atoms with Gasteiger partial charge in [0.1, 0.15) is 5.75 Å². The molecule has 0 spiro atoms. The monoisotopic (exact) mass is 271 g/mol. The Labute approximate surface area is 100 Å². The van der Waals surface area contributed by atoms with Gasteiger partial charge in [-0.3, -0.25) is 4.90 Å². The highest BCUT2D eigenvalue weighted by Gasteiger charge is 2.06. The average molecular weight is 272 g/mol. The third-order valence-electron chi connectivity index (χ3n) is 2.50. The Bertz CT molecular complexity index is 339. The number of hydrogen-bond acceptors (Lipinski definition) is 2. The number of nitrogens with zero attached hydrogens (tertiary/aromatic N) is 1. The lowest BCUT2D eigenvalue weighted by Gasteiger charge is -2.16. The molecule has 0 aliphatic carbocycles. The molecule has 0 aliphatic heterocycles. The van der Waals surface area contributed by atoms with Gasteiger partial charge < -0.3 is 4.74 Å². The zero-order chi connectivity index (χ0) is 11.4. The van der Waals surface area contributed by atoms with E-state index in [-0.39, 0.29) is 0 Å². The standard InChI is InChI=1S/C12H18BrNO/c1-9-6-12(15-4)10(2)5-11(9)7-14(3)8-13/h5-6H,7-8H2,1-4H3. The molecule has 0 saturated heterocycles. The Morgan fingerprint density at radius 3 is 2.47 bits per heavy atom. The smallest absolute Gasteiger partial charge is 0.122 e. The molecule has 0 bridgehead atoms. The van der Waals surface area contributed by atoms with Crippen LogP contribution in [0.4, 0.5) is 0 Å². The maximum atomic E-state index is 5.29. The SMILES string of the molecule is COc1cc(C)c(CN(C)CBr)cc1C. The predicted octanol–water partition coefficient (Wildman–Crippen LogP) is 3.10. The molecule has 3 heteroatoms. The molecule has 0 N–H and O–H groups in total. The van der Waals surface area contributed by atoms with E-state index < -0.39 is 0 Å². The molecule has 0 heterocycles. The second kappa shape index (κ2) is 5.52. The summed E-state index contributed by atoms with van der Waals surface area (Å²) in [5.74, 6) is 0.970. The van der Waals surface area contributed by atoms with Gasteiger partial charge in [-0.1, -0.05) is 22.0 Å². The minimum absolute atomic E-state index is 0.886. The molecular formula is C12H18BrNO. The summed E-state index contributed by atoms with van der Waals surface area (Å²) < 4.78 is 5.29. The Morgan fingerprint density at radius 1 is 1.27 bits per heavy atom. The van der Waals surface area contributed by atoms with Crippen molar-refractivity contribution in [1.29, 1.82) is 0 Å². The highest BCUT2D eigenvalue weighted by Crippen LogP contribution is 2.23. The molecule has 2 nitrogen and oxygen atoms in total. The first kappa shape index (κ1) is 12.5. The fourth-order valence-corrected chi connectivity index (χ4v) is 1.75. The lowest BCUT2D eigenvalue weighted by atomic mass is 10.0. The lowest BCUT2D eigenvalue weighted by Crippen LogP contribution is -2.16. The summed E-state index contributed by atoms with van der Waals surface area (Å²) in [6.45, 7) is 5.16. The van der Waals surface area contributed by atoms with Crippen molar-refractivity contribution in [3.63, 3.8) is 0 Å². The second-order valence-electron chi connectivity index (χ2n) is 3.88. The zero-order valence-corrected chi connectivity index (χ0v) is 11.4. The normalized spacial score (nSPS) is 10.8. The molecule has 1 aromatic carbocycles. The van der Waals surface area contributed by atoms with E-state index in [2.05, 4.69) is 53.9 Å². The van der Waals surface area contributed by atoms with Crippen molar-refractivity contribution in [3.05, 3.63) is 28.8 Å². The van der Waals surface area contributed by atoms with Gasteiger partial charge in [0.2, 0.25) is 0 Å². The summed E-state index contributed by atoms with van der Waals surface area (Å²) in [7, 11) is 3.81. The van der Waals surface area contributed by atoms with E-state index in [1.165, 1.54) is 16.7 Å². The van der Waals surface area contributed by atoms with Crippen molar-refractivity contribution in [1.82, 2.24) is 4.90 Å². The highest BCUT2D eigenvalue weighted by molar-refractivity contribution is 9.09. The van der Waals surface area contributed by atoms with Crippen LogP contribution in [-0.2, 0) is 6.54 Å². The van der Waals surface area contributed by atoms with Crippen molar-refractivity contribution in [3.8, 4) is 5.75 Å². The molecule has 15 heavy (non-hydrogen) atoms. The maximum absolute atomic E-state index is 5.29. The first-order chi connectivity index (χ1) is 7.08. The Kier molecular flexibility index (Phi) is 4.61. The van der Waals surface area contributed by atoms with Crippen LogP contribution in [0.2, 0.25) is 0 Å². The Morgan fingerprint density at radius 2 is 1.93 bits per heavy atom. The van der Waals surface area contributed by atoms with Gasteiger partial charge in [-0.25, -0.2) is 0 Å². The fraction of sp³-hybridized carbons (Fsp3) is 0.500.